The summed E-state index contributed by atoms with van der Waals surface area (Å²) < 4.78 is 4.62. The average molecular weight is 152 g/mol. The highest BCUT2D eigenvalue weighted by Gasteiger charge is 2.17. The Bertz CT molecular complexity index is 214. The number of allylic oxidation sites excluding steroid dienone is 3. The van der Waals surface area contributed by atoms with Crippen LogP contribution in [0, 0.1) is 5.92 Å². The fourth-order valence-corrected chi connectivity index (χ4v) is 1.13. The van der Waals surface area contributed by atoms with Gasteiger partial charge in [0.1, 0.15) is 0 Å². The molecule has 0 radical (unpaired) electrons. The maximum atomic E-state index is 11.1. The Morgan fingerprint density at radius 1 is 1.73 bits per heavy atom. The fourth-order valence-electron chi connectivity index (χ4n) is 1.13. The van der Waals surface area contributed by atoms with Gasteiger partial charge < -0.3 is 4.74 Å². The van der Waals surface area contributed by atoms with Crippen LogP contribution in [-0.4, -0.2) is 13.1 Å². The molecule has 0 aromatic heterocycles. The molecule has 2 nitrogen and oxygen atoms in total. The number of rotatable bonds is 1. The molecular formula is C9H12O2. The fraction of sp³-hybridized carbons (Fsp3) is 0.444. The monoisotopic (exact) mass is 152 g/mol. The lowest BCUT2D eigenvalue weighted by atomic mass is 9.93. The Kier molecular flexibility index (Phi) is 2.47. The first-order chi connectivity index (χ1) is 5.25. The van der Waals surface area contributed by atoms with E-state index in [1.807, 2.05) is 19.1 Å². The molecule has 0 spiro atoms. The molecule has 0 unspecified atom stereocenters. The molecule has 1 aliphatic rings. The lowest BCUT2D eigenvalue weighted by Gasteiger charge is -2.13. The molecule has 0 fully saturated rings. The second-order valence-corrected chi connectivity index (χ2v) is 2.68. The second-order valence-electron chi connectivity index (χ2n) is 2.68. The standard InChI is InChI=1S/C9H12O2/c1-7-5-3-4-6-8(7)9(10)11-2/h3-4,6-7H,5H2,1-2H3/t7-/m1/s1. The van der Waals surface area contributed by atoms with Crippen molar-refractivity contribution < 1.29 is 9.53 Å². The maximum Gasteiger partial charge on any atom is 0.334 e. The number of ether oxygens (including phenoxy) is 1. The van der Waals surface area contributed by atoms with Crippen molar-refractivity contribution in [3.63, 3.8) is 0 Å². The third-order valence-electron chi connectivity index (χ3n) is 1.85. The van der Waals surface area contributed by atoms with Crippen molar-refractivity contribution >= 4 is 5.97 Å². The van der Waals surface area contributed by atoms with Crippen LogP contribution in [0.25, 0.3) is 0 Å². The first-order valence-corrected chi connectivity index (χ1v) is 3.70. The van der Waals surface area contributed by atoms with Gasteiger partial charge in [-0.05, 0) is 12.3 Å². The van der Waals surface area contributed by atoms with E-state index in [-0.39, 0.29) is 5.97 Å². The van der Waals surface area contributed by atoms with E-state index in [9.17, 15) is 4.79 Å². The Labute approximate surface area is 66.5 Å². The predicted octanol–water partition coefficient (Wildman–Crippen LogP) is 1.68. The van der Waals surface area contributed by atoms with Crippen LogP contribution in [0.15, 0.2) is 23.8 Å². The minimum absolute atomic E-state index is 0.207. The van der Waals surface area contributed by atoms with E-state index >= 15 is 0 Å². The molecule has 0 aromatic rings. The molecule has 0 N–H and O–H groups in total. The van der Waals surface area contributed by atoms with Crippen molar-refractivity contribution in [3.8, 4) is 0 Å². The quantitative estimate of drug-likeness (QED) is 0.534. The lowest BCUT2D eigenvalue weighted by Crippen LogP contribution is -2.13. The van der Waals surface area contributed by atoms with Crippen LogP contribution in [0.1, 0.15) is 13.3 Å². The highest BCUT2D eigenvalue weighted by molar-refractivity contribution is 5.89. The zero-order chi connectivity index (χ0) is 8.27. The first-order valence-electron chi connectivity index (χ1n) is 3.70. The molecule has 1 rings (SSSR count). The predicted molar refractivity (Wildman–Crippen MR) is 43.0 cm³/mol. The van der Waals surface area contributed by atoms with E-state index < -0.39 is 0 Å². The number of esters is 1. The summed E-state index contributed by atoms with van der Waals surface area (Å²) in [5.74, 6) is 0.0919. The van der Waals surface area contributed by atoms with Gasteiger partial charge in [0.2, 0.25) is 0 Å². The van der Waals surface area contributed by atoms with Crippen LogP contribution in [0.5, 0.6) is 0 Å². The van der Waals surface area contributed by atoms with Gasteiger partial charge in [0.25, 0.3) is 0 Å². The molecule has 2 heteroatoms. The van der Waals surface area contributed by atoms with Crippen molar-refractivity contribution in [1.82, 2.24) is 0 Å². The van der Waals surface area contributed by atoms with Crippen LogP contribution < -0.4 is 0 Å². The highest BCUT2D eigenvalue weighted by Crippen LogP contribution is 2.20. The number of hydrogen-bond donors (Lipinski definition) is 0. The molecule has 1 atom stereocenters. The average Bonchev–Trinajstić information content (AvgIpc) is 2.04. The van der Waals surface area contributed by atoms with Crippen LogP contribution in [0.3, 0.4) is 0 Å². The van der Waals surface area contributed by atoms with E-state index in [0.29, 0.717) is 5.92 Å². The summed E-state index contributed by atoms with van der Waals surface area (Å²) in [6.45, 7) is 2.02. The molecule has 0 aliphatic heterocycles. The van der Waals surface area contributed by atoms with Crippen molar-refractivity contribution in [1.29, 1.82) is 0 Å². The molecule has 0 saturated carbocycles. The largest absolute Gasteiger partial charge is 0.466 e. The van der Waals surface area contributed by atoms with Crippen molar-refractivity contribution in [2.45, 2.75) is 13.3 Å². The first kappa shape index (κ1) is 8.05. The van der Waals surface area contributed by atoms with Gasteiger partial charge in [-0.15, -0.1) is 0 Å². The number of methoxy groups -OCH3 is 1. The van der Waals surface area contributed by atoms with E-state index in [0.717, 1.165) is 12.0 Å². The Hall–Kier alpha value is -1.05. The topological polar surface area (TPSA) is 26.3 Å². The van der Waals surface area contributed by atoms with Gasteiger partial charge in [-0.2, -0.15) is 0 Å². The minimum Gasteiger partial charge on any atom is -0.466 e. The van der Waals surface area contributed by atoms with Crippen LogP contribution in [-0.2, 0) is 9.53 Å². The normalized spacial score (nSPS) is 22.7. The second kappa shape index (κ2) is 3.37. The smallest absolute Gasteiger partial charge is 0.334 e. The van der Waals surface area contributed by atoms with Gasteiger partial charge in [0.15, 0.2) is 0 Å². The highest BCUT2D eigenvalue weighted by atomic mass is 16.5. The van der Waals surface area contributed by atoms with Crippen LogP contribution in [0.2, 0.25) is 0 Å². The Balaban J connectivity index is 2.75. The number of hydrogen-bond acceptors (Lipinski definition) is 2. The Morgan fingerprint density at radius 2 is 2.45 bits per heavy atom. The molecule has 60 valence electrons. The third kappa shape index (κ3) is 1.70. The van der Waals surface area contributed by atoms with Gasteiger partial charge in [0, 0.05) is 5.57 Å². The van der Waals surface area contributed by atoms with Crippen molar-refractivity contribution in [2.24, 2.45) is 5.92 Å². The summed E-state index contributed by atoms with van der Waals surface area (Å²) in [4.78, 5) is 11.1. The van der Waals surface area contributed by atoms with Gasteiger partial charge in [-0.25, -0.2) is 4.79 Å². The molecule has 0 amide bonds. The third-order valence-corrected chi connectivity index (χ3v) is 1.85. The summed E-state index contributed by atoms with van der Waals surface area (Å²) in [5, 5.41) is 0. The zero-order valence-electron chi connectivity index (χ0n) is 6.83. The molecule has 0 heterocycles. The van der Waals surface area contributed by atoms with Gasteiger partial charge in [-0.1, -0.05) is 25.2 Å². The van der Waals surface area contributed by atoms with E-state index in [2.05, 4.69) is 10.8 Å². The number of carbonyl (C=O) groups excluding carboxylic acids is 1. The zero-order valence-corrected chi connectivity index (χ0v) is 6.83. The summed E-state index contributed by atoms with van der Waals surface area (Å²) in [6, 6.07) is 0. The summed E-state index contributed by atoms with van der Waals surface area (Å²) in [6.07, 6.45) is 6.70. The Morgan fingerprint density at radius 3 is 3.00 bits per heavy atom. The van der Waals surface area contributed by atoms with Crippen LogP contribution >= 0.6 is 0 Å². The summed E-state index contributed by atoms with van der Waals surface area (Å²) >= 11 is 0. The molecule has 11 heavy (non-hydrogen) atoms. The minimum atomic E-state index is -0.207. The van der Waals surface area contributed by atoms with Gasteiger partial charge in [0.05, 0.1) is 7.11 Å². The van der Waals surface area contributed by atoms with Gasteiger partial charge in [-0.3, -0.25) is 0 Å². The van der Waals surface area contributed by atoms with E-state index in [1.165, 1.54) is 7.11 Å². The maximum absolute atomic E-state index is 11.1. The molecule has 0 saturated heterocycles. The SMILES string of the molecule is COC(=O)C1=CC=CC[C@H]1C. The molecular weight excluding hydrogens is 140 g/mol. The van der Waals surface area contributed by atoms with E-state index in [1.54, 1.807) is 0 Å². The van der Waals surface area contributed by atoms with Crippen LogP contribution in [0.4, 0.5) is 0 Å². The molecule has 0 bridgehead atoms. The molecule has 1 aliphatic carbocycles. The summed E-state index contributed by atoms with van der Waals surface area (Å²) in [5.41, 5.74) is 0.773. The number of carbonyl (C=O) groups is 1. The lowest BCUT2D eigenvalue weighted by molar-refractivity contribution is -0.136. The van der Waals surface area contributed by atoms with Gasteiger partial charge >= 0.3 is 5.97 Å². The van der Waals surface area contributed by atoms with Crippen molar-refractivity contribution in [3.05, 3.63) is 23.8 Å². The molecule has 0 aromatic carbocycles. The summed E-state index contributed by atoms with van der Waals surface area (Å²) in [7, 11) is 1.41. The van der Waals surface area contributed by atoms with E-state index in [4.69, 9.17) is 0 Å². The van der Waals surface area contributed by atoms with Crippen molar-refractivity contribution in [2.75, 3.05) is 7.11 Å².